The minimum absolute atomic E-state index is 0.0651. The van der Waals surface area contributed by atoms with Crippen molar-refractivity contribution in [3.8, 4) is 0 Å². The van der Waals surface area contributed by atoms with Gasteiger partial charge in [-0.15, -0.1) is 11.3 Å². The number of hydrogen-bond acceptors (Lipinski definition) is 6. The third-order valence-electron chi connectivity index (χ3n) is 4.99. The molecule has 25 heavy (non-hydrogen) atoms. The Morgan fingerprint density at radius 1 is 1.48 bits per heavy atom. The minimum Gasteiger partial charge on any atom is -0.376 e. The lowest BCUT2D eigenvalue weighted by atomic mass is 9.93. The number of carbonyl (C=O) groups excluding carboxylic acids is 1. The van der Waals surface area contributed by atoms with Crippen molar-refractivity contribution in [3.05, 3.63) is 46.2 Å². The Balaban J connectivity index is 1.30. The van der Waals surface area contributed by atoms with Gasteiger partial charge in [-0.3, -0.25) is 14.7 Å². The fourth-order valence-corrected chi connectivity index (χ4v) is 4.52. The van der Waals surface area contributed by atoms with Gasteiger partial charge in [-0.1, -0.05) is 0 Å². The van der Waals surface area contributed by atoms with Crippen LogP contribution in [0.15, 0.2) is 29.9 Å². The van der Waals surface area contributed by atoms with Gasteiger partial charge in [0.25, 0.3) is 5.91 Å². The van der Waals surface area contributed by atoms with Crippen LogP contribution in [0.2, 0.25) is 0 Å². The van der Waals surface area contributed by atoms with E-state index in [-0.39, 0.29) is 12.0 Å². The quantitative estimate of drug-likeness (QED) is 0.882. The van der Waals surface area contributed by atoms with Crippen molar-refractivity contribution in [1.29, 1.82) is 0 Å². The van der Waals surface area contributed by atoms with E-state index in [9.17, 15) is 4.79 Å². The standard InChI is InChI=1S/C18H22N4O2S/c1-12-11-25-17(21-12)9-22-7-15-14(10-24-16(15)8-22)6-20-18(23)13-3-2-4-19-5-13/h2-5,11,14-16H,6-10H2,1H3,(H,20,23)/t14-,15+,16+/m1/s1. The van der Waals surface area contributed by atoms with Crippen molar-refractivity contribution in [2.24, 2.45) is 11.8 Å². The van der Waals surface area contributed by atoms with Crippen LogP contribution in [0.1, 0.15) is 21.1 Å². The van der Waals surface area contributed by atoms with Crippen LogP contribution in [0.3, 0.4) is 0 Å². The summed E-state index contributed by atoms with van der Waals surface area (Å²) in [5.41, 5.74) is 1.69. The summed E-state index contributed by atoms with van der Waals surface area (Å²) in [5, 5.41) is 6.30. The normalized spacial score (nSPS) is 25.9. The van der Waals surface area contributed by atoms with Crippen molar-refractivity contribution in [2.45, 2.75) is 19.6 Å². The molecule has 0 spiro atoms. The average Bonchev–Trinajstić information content (AvgIpc) is 3.30. The summed E-state index contributed by atoms with van der Waals surface area (Å²) >= 11 is 1.72. The first-order chi connectivity index (χ1) is 12.2. The molecule has 0 unspecified atom stereocenters. The zero-order valence-corrected chi connectivity index (χ0v) is 15.0. The number of nitrogens with zero attached hydrogens (tertiary/aromatic N) is 3. The highest BCUT2D eigenvalue weighted by molar-refractivity contribution is 7.09. The van der Waals surface area contributed by atoms with E-state index in [1.165, 1.54) is 5.01 Å². The Morgan fingerprint density at radius 3 is 3.16 bits per heavy atom. The zero-order chi connectivity index (χ0) is 17.2. The fourth-order valence-electron chi connectivity index (χ4n) is 3.71. The predicted octanol–water partition coefficient (Wildman–Crippen LogP) is 1.72. The number of aryl methyl sites for hydroxylation is 1. The number of aromatic nitrogens is 2. The summed E-state index contributed by atoms with van der Waals surface area (Å²) in [6.07, 6.45) is 3.54. The molecule has 0 radical (unpaired) electrons. The van der Waals surface area contributed by atoms with Crippen LogP contribution in [0.5, 0.6) is 0 Å². The maximum Gasteiger partial charge on any atom is 0.252 e. The number of likely N-dealkylation sites (tertiary alicyclic amines) is 1. The minimum atomic E-state index is -0.0651. The van der Waals surface area contributed by atoms with Crippen LogP contribution >= 0.6 is 11.3 Å². The van der Waals surface area contributed by atoms with E-state index in [2.05, 4.69) is 25.6 Å². The number of nitrogens with one attached hydrogen (secondary N) is 1. The smallest absolute Gasteiger partial charge is 0.252 e. The van der Waals surface area contributed by atoms with Gasteiger partial charge in [0.2, 0.25) is 0 Å². The Kier molecular flexibility index (Phi) is 4.78. The molecule has 3 atom stereocenters. The Morgan fingerprint density at radius 2 is 2.40 bits per heavy atom. The van der Waals surface area contributed by atoms with E-state index in [0.717, 1.165) is 31.9 Å². The number of hydrogen-bond donors (Lipinski definition) is 1. The van der Waals surface area contributed by atoms with Gasteiger partial charge in [0, 0.05) is 54.9 Å². The number of pyridine rings is 1. The zero-order valence-electron chi connectivity index (χ0n) is 14.2. The van der Waals surface area contributed by atoms with Gasteiger partial charge in [0.15, 0.2) is 0 Å². The van der Waals surface area contributed by atoms with Crippen LogP contribution in [0.4, 0.5) is 0 Å². The molecule has 1 N–H and O–H groups in total. The number of ether oxygens (including phenoxy) is 1. The second-order valence-electron chi connectivity index (χ2n) is 6.82. The van der Waals surface area contributed by atoms with Gasteiger partial charge in [0.1, 0.15) is 5.01 Å². The van der Waals surface area contributed by atoms with Crippen LogP contribution in [0, 0.1) is 18.8 Å². The van der Waals surface area contributed by atoms with Crippen LogP contribution in [0.25, 0.3) is 0 Å². The molecule has 0 saturated carbocycles. The molecule has 0 aliphatic carbocycles. The van der Waals surface area contributed by atoms with Crippen LogP contribution in [-0.2, 0) is 11.3 Å². The Hall–Kier alpha value is -1.83. The van der Waals surface area contributed by atoms with Gasteiger partial charge in [-0.05, 0) is 19.1 Å². The Bertz CT molecular complexity index is 736. The van der Waals surface area contributed by atoms with Crippen molar-refractivity contribution in [3.63, 3.8) is 0 Å². The van der Waals surface area contributed by atoms with Gasteiger partial charge in [-0.2, -0.15) is 0 Å². The van der Waals surface area contributed by atoms with Gasteiger partial charge >= 0.3 is 0 Å². The van der Waals surface area contributed by atoms with Crippen molar-refractivity contribution in [1.82, 2.24) is 20.2 Å². The maximum absolute atomic E-state index is 12.2. The molecule has 7 heteroatoms. The highest BCUT2D eigenvalue weighted by Gasteiger charge is 2.43. The highest BCUT2D eigenvalue weighted by Crippen LogP contribution is 2.34. The lowest BCUT2D eigenvalue weighted by Gasteiger charge is -2.19. The van der Waals surface area contributed by atoms with Crippen LogP contribution in [-0.4, -0.2) is 53.1 Å². The molecule has 4 rings (SSSR count). The van der Waals surface area contributed by atoms with Crippen LogP contribution < -0.4 is 5.32 Å². The predicted molar refractivity (Wildman–Crippen MR) is 95.4 cm³/mol. The third kappa shape index (κ3) is 3.73. The molecule has 2 aliphatic rings. The molecule has 0 aromatic carbocycles. The molecule has 132 valence electrons. The van der Waals surface area contributed by atoms with E-state index in [1.54, 1.807) is 35.9 Å². The van der Waals surface area contributed by atoms with E-state index in [1.807, 2.05) is 6.92 Å². The lowest BCUT2D eigenvalue weighted by Crippen LogP contribution is -2.34. The summed E-state index contributed by atoms with van der Waals surface area (Å²) < 4.78 is 5.98. The first-order valence-corrected chi connectivity index (χ1v) is 9.50. The second-order valence-corrected chi connectivity index (χ2v) is 7.77. The SMILES string of the molecule is Cc1csc(CN2C[C@H]3[C@H](CNC(=O)c4cccnc4)CO[C@H]3C2)n1. The number of fused-ring (bicyclic) bond motifs is 1. The first kappa shape index (κ1) is 16.6. The van der Waals surface area contributed by atoms with E-state index in [0.29, 0.717) is 23.9 Å². The molecule has 2 fully saturated rings. The topological polar surface area (TPSA) is 67.4 Å². The lowest BCUT2D eigenvalue weighted by molar-refractivity contribution is 0.0903. The molecule has 2 aromatic heterocycles. The highest BCUT2D eigenvalue weighted by atomic mass is 32.1. The third-order valence-corrected chi connectivity index (χ3v) is 5.94. The molecule has 0 bridgehead atoms. The fraction of sp³-hybridized carbons (Fsp3) is 0.500. The van der Waals surface area contributed by atoms with Crippen molar-refractivity contribution in [2.75, 3.05) is 26.2 Å². The number of amides is 1. The molecule has 2 aromatic rings. The summed E-state index contributed by atoms with van der Waals surface area (Å²) in [6.45, 7) is 6.27. The summed E-state index contributed by atoms with van der Waals surface area (Å²) in [7, 11) is 0. The molecular formula is C18H22N4O2S. The van der Waals surface area contributed by atoms with E-state index in [4.69, 9.17) is 4.74 Å². The molecule has 6 nitrogen and oxygen atoms in total. The van der Waals surface area contributed by atoms with Crippen molar-refractivity contribution >= 4 is 17.2 Å². The maximum atomic E-state index is 12.2. The van der Waals surface area contributed by atoms with E-state index < -0.39 is 0 Å². The van der Waals surface area contributed by atoms with Gasteiger partial charge in [-0.25, -0.2) is 4.98 Å². The molecule has 2 saturated heterocycles. The molecular weight excluding hydrogens is 336 g/mol. The monoisotopic (exact) mass is 358 g/mol. The van der Waals surface area contributed by atoms with Crippen molar-refractivity contribution < 1.29 is 9.53 Å². The molecule has 2 aliphatic heterocycles. The average molecular weight is 358 g/mol. The number of rotatable bonds is 5. The first-order valence-electron chi connectivity index (χ1n) is 8.62. The molecule has 4 heterocycles. The summed E-state index contributed by atoms with van der Waals surface area (Å²) in [5.74, 6) is 0.786. The van der Waals surface area contributed by atoms with Gasteiger partial charge in [0.05, 0.1) is 24.8 Å². The summed E-state index contributed by atoms with van der Waals surface area (Å²) in [6, 6.07) is 3.56. The largest absolute Gasteiger partial charge is 0.376 e. The Labute approximate surface area is 151 Å². The van der Waals surface area contributed by atoms with Gasteiger partial charge < -0.3 is 10.1 Å². The second kappa shape index (κ2) is 7.19. The molecule has 1 amide bonds. The van der Waals surface area contributed by atoms with E-state index >= 15 is 0 Å². The number of thiazole rings is 1. The summed E-state index contributed by atoms with van der Waals surface area (Å²) in [4.78, 5) is 23.2. The number of carbonyl (C=O) groups is 1.